The summed E-state index contributed by atoms with van der Waals surface area (Å²) in [6.45, 7) is 0.774. The van der Waals surface area contributed by atoms with Gasteiger partial charge in [-0.15, -0.1) is 0 Å². The lowest BCUT2D eigenvalue weighted by Gasteiger charge is -2.10. The van der Waals surface area contributed by atoms with Crippen molar-refractivity contribution in [3.63, 3.8) is 0 Å². The smallest absolute Gasteiger partial charge is 0.387 e. The Kier molecular flexibility index (Phi) is 3.87. The molecule has 3 aromatic rings. The monoisotopic (exact) mass is 357 g/mol. The number of alkyl halides is 3. The first-order chi connectivity index (χ1) is 12.5. The second kappa shape index (κ2) is 6.21. The maximum absolute atomic E-state index is 12.7. The van der Waals surface area contributed by atoms with Crippen molar-refractivity contribution in [2.24, 2.45) is 0 Å². The molecule has 0 spiro atoms. The standard InChI is InChI=1S/C18H14F3N5/c19-18(20,21)13-3-5-14(6-4-13)24-16-7-9-23-17-10-15(25-26(16)17)12-2-1-8-22-11-12/h1-7,9-11,22,24H,8H2. The molecule has 0 bridgehead atoms. The molecule has 5 nitrogen and oxygen atoms in total. The van der Waals surface area contributed by atoms with E-state index in [-0.39, 0.29) is 0 Å². The normalized spacial score (nSPS) is 14.2. The molecule has 1 aliphatic heterocycles. The Balaban J connectivity index is 1.65. The van der Waals surface area contributed by atoms with Gasteiger partial charge in [0, 0.05) is 36.3 Å². The highest BCUT2D eigenvalue weighted by molar-refractivity contribution is 5.74. The molecule has 0 unspecified atom stereocenters. The Labute approximate surface area is 146 Å². The fourth-order valence-electron chi connectivity index (χ4n) is 2.65. The molecule has 0 saturated carbocycles. The SMILES string of the molecule is FC(F)(F)c1ccc(Nc2ccnc3cc(C4=CNCC=C4)nn23)cc1. The van der Waals surface area contributed by atoms with E-state index < -0.39 is 11.7 Å². The summed E-state index contributed by atoms with van der Waals surface area (Å²) in [7, 11) is 0. The van der Waals surface area contributed by atoms with Crippen LogP contribution in [0.2, 0.25) is 0 Å². The van der Waals surface area contributed by atoms with Crippen LogP contribution in [-0.2, 0) is 6.18 Å². The van der Waals surface area contributed by atoms with E-state index in [4.69, 9.17) is 0 Å². The first kappa shape index (κ1) is 16.2. The third-order valence-corrected chi connectivity index (χ3v) is 3.93. The van der Waals surface area contributed by atoms with Crippen LogP contribution in [0.4, 0.5) is 24.7 Å². The number of benzene rings is 1. The lowest BCUT2D eigenvalue weighted by Crippen LogP contribution is -2.09. The van der Waals surface area contributed by atoms with Gasteiger partial charge < -0.3 is 10.6 Å². The fraction of sp³-hybridized carbons (Fsp3) is 0.111. The number of nitrogens with zero attached hydrogens (tertiary/aromatic N) is 3. The van der Waals surface area contributed by atoms with Gasteiger partial charge in [-0.3, -0.25) is 0 Å². The molecule has 0 fully saturated rings. The molecule has 3 heterocycles. The van der Waals surface area contributed by atoms with Gasteiger partial charge in [-0.2, -0.15) is 22.8 Å². The Morgan fingerprint density at radius 1 is 1.12 bits per heavy atom. The minimum Gasteiger partial charge on any atom is -0.387 e. The summed E-state index contributed by atoms with van der Waals surface area (Å²) in [4.78, 5) is 4.29. The first-order valence-electron chi connectivity index (χ1n) is 7.90. The van der Waals surface area contributed by atoms with Crippen molar-refractivity contribution in [3.05, 3.63) is 72.2 Å². The van der Waals surface area contributed by atoms with Crippen LogP contribution < -0.4 is 10.6 Å². The van der Waals surface area contributed by atoms with E-state index in [2.05, 4.69) is 20.7 Å². The maximum Gasteiger partial charge on any atom is 0.416 e. The van der Waals surface area contributed by atoms with Crippen molar-refractivity contribution in [3.8, 4) is 0 Å². The predicted molar refractivity (Wildman–Crippen MR) is 92.8 cm³/mol. The molecule has 0 radical (unpaired) electrons. The van der Waals surface area contributed by atoms with Crippen LogP contribution in [0.3, 0.4) is 0 Å². The second-order valence-corrected chi connectivity index (χ2v) is 5.74. The van der Waals surface area contributed by atoms with Crippen molar-refractivity contribution in [2.45, 2.75) is 6.18 Å². The van der Waals surface area contributed by atoms with Crippen LogP contribution in [0.5, 0.6) is 0 Å². The van der Waals surface area contributed by atoms with Gasteiger partial charge in [-0.1, -0.05) is 12.2 Å². The van der Waals surface area contributed by atoms with Crippen LogP contribution in [-0.4, -0.2) is 21.1 Å². The van der Waals surface area contributed by atoms with E-state index in [9.17, 15) is 13.2 Å². The molecule has 1 aromatic carbocycles. The number of fused-ring (bicyclic) bond motifs is 1. The Hall–Kier alpha value is -3.29. The third-order valence-electron chi connectivity index (χ3n) is 3.93. The first-order valence-corrected chi connectivity index (χ1v) is 7.90. The van der Waals surface area contributed by atoms with Crippen LogP contribution in [0.15, 0.2) is 60.9 Å². The molecular formula is C18H14F3N5. The summed E-state index contributed by atoms with van der Waals surface area (Å²) in [5.74, 6) is 0.606. The number of allylic oxidation sites excluding steroid dienone is 2. The average Bonchev–Trinajstić information content (AvgIpc) is 3.08. The van der Waals surface area contributed by atoms with E-state index in [0.717, 1.165) is 29.9 Å². The Morgan fingerprint density at radius 2 is 1.92 bits per heavy atom. The van der Waals surface area contributed by atoms with Gasteiger partial charge in [-0.25, -0.2) is 4.98 Å². The van der Waals surface area contributed by atoms with E-state index >= 15 is 0 Å². The summed E-state index contributed by atoms with van der Waals surface area (Å²) < 4.78 is 39.6. The number of nitrogens with one attached hydrogen (secondary N) is 2. The van der Waals surface area contributed by atoms with Gasteiger partial charge in [0.1, 0.15) is 5.82 Å². The minimum absolute atomic E-state index is 0.529. The number of aromatic nitrogens is 3. The van der Waals surface area contributed by atoms with Crippen LogP contribution >= 0.6 is 0 Å². The zero-order valence-electron chi connectivity index (χ0n) is 13.5. The Bertz CT molecular complexity index is 1000. The lowest BCUT2D eigenvalue weighted by molar-refractivity contribution is -0.137. The zero-order valence-corrected chi connectivity index (χ0v) is 13.5. The van der Waals surface area contributed by atoms with E-state index in [1.807, 2.05) is 24.4 Å². The third kappa shape index (κ3) is 3.13. The van der Waals surface area contributed by atoms with Gasteiger partial charge >= 0.3 is 6.18 Å². The van der Waals surface area contributed by atoms with Gasteiger partial charge in [0.05, 0.1) is 11.3 Å². The molecule has 8 heteroatoms. The zero-order chi connectivity index (χ0) is 18.1. The lowest BCUT2D eigenvalue weighted by atomic mass is 10.1. The number of rotatable bonds is 3. The molecular weight excluding hydrogens is 343 g/mol. The van der Waals surface area contributed by atoms with Crippen molar-refractivity contribution in [2.75, 3.05) is 11.9 Å². The van der Waals surface area contributed by atoms with Gasteiger partial charge in [0.2, 0.25) is 0 Å². The van der Waals surface area contributed by atoms with Crippen molar-refractivity contribution < 1.29 is 13.2 Å². The maximum atomic E-state index is 12.7. The number of anilines is 2. The molecule has 1 aliphatic rings. The summed E-state index contributed by atoms with van der Waals surface area (Å²) in [5.41, 5.74) is 2.16. The highest BCUT2D eigenvalue weighted by Gasteiger charge is 2.29. The summed E-state index contributed by atoms with van der Waals surface area (Å²) in [6.07, 6.45) is 3.12. The van der Waals surface area contributed by atoms with E-state index in [0.29, 0.717) is 17.2 Å². The highest BCUT2D eigenvalue weighted by Crippen LogP contribution is 2.30. The molecule has 132 valence electrons. The molecule has 26 heavy (non-hydrogen) atoms. The van der Waals surface area contributed by atoms with Crippen LogP contribution in [0.1, 0.15) is 11.3 Å². The van der Waals surface area contributed by atoms with Crippen LogP contribution in [0, 0.1) is 0 Å². The molecule has 0 aliphatic carbocycles. The number of halogens is 3. The molecule has 2 N–H and O–H groups in total. The molecule has 0 saturated heterocycles. The fourth-order valence-corrected chi connectivity index (χ4v) is 2.65. The number of hydrogen-bond donors (Lipinski definition) is 2. The number of hydrogen-bond acceptors (Lipinski definition) is 4. The Morgan fingerprint density at radius 3 is 2.62 bits per heavy atom. The van der Waals surface area contributed by atoms with Crippen molar-refractivity contribution in [1.29, 1.82) is 0 Å². The van der Waals surface area contributed by atoms with E-state index in [1.54, 1.807) is 16.8 Å². The van der Waals surface area contributed by atoms with Gasteiger partial charge in [0.15, 0.2) is 5.65 Å². The summed E-state index contributed by atoms with van der Waals surface area (Å²) in [6, 6.07) is 8.41. The molecule has 0 atom stereocenters. The summed E-state index contributed by atoms with van der Waals surface area (Å²) >= 11 is 0. The number of dihydropyridines is 1. The summed E-state index contributed by atoms with van der Waals surface area (Å²) in [5, 5.41) is 10.7. The molecule has 2 aromatic heterocycles. The second-order valence-electron chi connectivity index (χ2n) is 5.74. The van der Waals surface area contributed by atoms with Crippen molar-refractivity contribution in [1.82, 2.24) is 19.9 Å². The molecule has 0 amide bonds. The largest absolute Gasteiger partial charge is 0.416 e. The van der Waals surface area contributed by atoms with Crippen LogP contribution in [0.25, 0.3) is 11.2 Å². The van der Waals surface area contributed by atoms with Gasteiger partial charge in [-0.05, 0) is 30.3 Å². The quantitative estimate of drug-likeness (QED) is 0.744. The van der Waals surface area contributed by atoms with Crippen molar-refractivity contribution >= 4 is 22.7 Å². The average molecular weight is 357 g/mol. The minimum atomic E-state index is -4.35. The van der Waals surface area contributed by atoms with Gasteiger partial charge in [0.25, 0.3) is 0 Å². The van der Waals surface area contributed by atoms with E-state index in [1.165, 1.54) is 12.1 Å². The predicted octanol–water partition coefficient (Wildman–Crippen LogP) is 3.99. The highest BCUT2D eigenvalue weighted by atomic mass is 19.4. The topological polar surface area (TPSA) is 54.2 Å². The molecule has 4 rings (SSSR count).